The normalized spacial score (nSPS) is 24.3. The summed E-state index contributed by atoms with van der Waals surface area (Å²) in [6.07, 6.45) is 0. The van der Waals surface area contributed by atoms with Gasteiger partial charge in [0.1, 0.15) is 5.75 Å². The third-order valence-corrected chi connectivity index (χ3v) is 10.3. The number of methoxy groups -OCH3 is 1. The van der Waals surface area contributed by atoms with E-state index < -0.39 is 31.0 Å². The van der Waals surface area contributed by atoms with Crippen molar-refractivity contribution in [2.45, 2.75) is 23.1 Å². The van der Waals surface area contributed by atoms with E-state index in [9.17, 15) is 16.8 Å². The number of anilines is 1. The molecule has 2 atom stereocenters. The van der Waals surface area contributed by atoms with Crippen LogP contribution < -0.4 is 9.64 Å². The SMILES string of the molecule is COc1ccc(S(=O)(=O)C2CS(=O)(=O)CC2N2CCN(c3cccc(C)c3)CC2)cc1. The van der Waals surface area contributed by atoms with Crippen LogP contribution in [0, 0.1) is 6.92 Å². The Kier molecular flexibility index (Phi) is 6.02. The van der Waals surface area contributed by atoms with Crippen LogP contribution in [0.3, 0.4) is 0 Å². The molecule has 0 saturated carbocycles. The molecule has 2 fully saturated rings. The molecule has 0 amide bonds. The minimum absolute atomic E-state index is 0.114. The van der Waals surface area contributed by atoms with Crippen molar-refractivity contribution in [2.75, 3.05) is 49.7 Å². The minimum Gasteiger partial charge on any atom is -0.497 e. The molecule has 0 aromatic heterocycles. The summed E-state index contributed by atoms with van der Waals surface area (Å²) in [5.41, 5.74) is 2.33. The first-order valence-corrected chi connectivity index (χ1v) is 13.7. The number of nitrogens with zero attached hydrogens (tertiary/aromatic N) is 2. The number of sulfone groups is 2. The second-order valence-electron chi connectivity index (χ2n) is 8.27. The zero-order valence-corrected chi connectivity index (χ0v) is 19.4. The Morgan fingerprint density at radius 1 is 0.968 bits per heavy atom. The Morgan fingerprint density at radius 2 is 1.65 bits per heavy atom. The van der Waals surface area contributed by atoms with Gasteiger partial charge in [-0.3, -0.25) is 4.90 Å². The van der Waals surface area contributed by atoms with Crippen molar-refractivity contribution >= 4 is 25.4 Å². The molecule has 0 spiro atoms. The van der Waals surface area contributed by atoms with Gasteiger partial charge in [-0.05, 0) is 48.9 Å². The lowest BCUT2D eigenvalue weighted by molar-refractivity contribution is 0.201. The van der Waals surface area contributed by atoms with Gasteiger partial charge in [0.05, 0.1) is 28.8 Å². The van der Waals surface area contributed by atoms with E-state index in [1.807, 2.05) is 11.0 Å². The molecule has 7 nitrogen and oxygen atoms in total. The summed E-state index contributed by atoms with van der Waals surface area (Å²) in [5.74, 6) is 0.114. The van der Waals surface area contributed by atoms with Crippen LogP contribution in [0.5, 0.6) is 5.75 Å². The van der Waals surface area contributed by atoms with Crippen LogP contribution in [-0.4, -0.2) is 77.8 Å². The summed E-state index contributed by atoms with van der Waals surface area (Å²) >= 11 is 0. The van der Waals surface area contributed by atoms with Gasteiger partial charge in [0.25, 0.3) is 0 Å². The fraction of sp³-hybridized carbons (Fsp3) is 0.455. The molecule has 0 N–H and O–H groups in total. The van der Waals surface area contributed by atoms with Gasteiger partial charge < -0.3 is 9.64 Å². The number of rotatable bonds is 5. The number of ether oxygens (including phenoxy) is 1. The molecule has 2 aromatic carbocycles. The molecule has 168 valence electrons. The molecule has 0 bridgehead atoms. The summed E-state index contributed by atoms with van der Waals surface area (Å²) in [6, 6.07) is 13.9. The summed E-state index contributed by atoms with van der Waals surface area (Å²) in [4.78, 5) is 4.45. The fourth-order valence-corrected chi connectivity index (χ4v) is 9.34. The van der Waals surface area contributed by atoms with Crippen LogP contribution in [0.4, 0.5) is 5.69 Å². The first-order valence-electron chi connectivity index (χ1n) is 10.3. The van der Waals surface area contributed by atoms with E-state index in [-0.39, 0.29) is 16.4 Å². The zero-order chi connectivity index (χ0) is 22.2. The number of hydrogen-bond acceptors (Lipinski definition) is 7. The Labute approximate surface area is 184 Å². The average Bonchev–Trinajstić information content (AvgIpc) is 3.10. The number of piperazine rings is 1. The van der Waals surface area contributed by atoms with E-state index in [0.717, 1.165) is 18.8 Å². The highest BCUT2D eigenvalue weighted by atomic mass is 32.2. The van der Waals surface area contributed by atoms with Crippen molar-refractivity contribution in [3.63, 3.8) is 0 Å². The van der Waals surface area contributed by atoms with Crippen LogP contribution >= 0.6 is 0 Å². The molecule has 0 aliphatic carbocycles. The quantitative estimate of drug-likeness (QED) is 0.667. The molecular weight excluding hydrogens is 436 g/mol. The van der Waals surface area contributed by atoms with Crippen LogP contribution in [-0.2, 0) is 19.7 Å². The summed E-state index contributed by atoms with van der Waals surface area (Å²) in [5, 5.41) is -0.962. The lowest BCUT2D eigenvalue weighted by Gasteiger charge is -2.40. The Bertz CT molecular complexity index is 1140. The predicted octanol–water partition coefficient (Wildman–Crippen LogP) is 1.77. The van der Waals surface area contributed by atoms with E-state index in [4.69, 9.17) is 4.74 Å². The number of aryl methyl sites for hydroxylation is 1. The second kappa shape index (κ2) is 8.44. The predicted molar refractivity (Wildman–Crippen MR) is 121 cm³/mol. The lowest BCUT2D eigenvalue weighted by atomic mass is 10.1. The summed E-state index contributed by atoms with van der Waals surface area (Å²) in [6.45, 7) is 4.77. The smallest absolute Gasteiger partial charge is 0.183 e. The molecule has 9 heteroatoms. The molecule has 2 saturated heterocycles. The minimum atomic E-state index is -3.79. The first-order chi connectivity index (χ1) is 14.7. The lowest BCUT2D eigenvalue weighted by Crippen LogP contribution is -2.55. The topological polar surface area (TPSA) is 84.0 Å². The molecule has 2 unspecified atom stereocenters. The van der Waals surface area contributed by atoms with E-state index >= 15 is 0 Å². The van der Waals surface area contributed by atoms with Crippen molar-refractivity contribution in [1.82, 2.24) is 4.90 Å². The standard InChI is InChI=1S/C22H28N2O5S2/c1-17-4-3-5-18(14-17)23-10-12-24(13-11-23)21-15-30(25,26)16-22(21)31(27,28)20-8-6-19(29-2)7-9-20/h3-9,14,21-22H,10-13,15-16H2,1-2H3. The highest BCUT2D eigenvalue weighted by molar-refractivity contribution is 7.96. The average molecular weight is 465 g/mol. The van der Waals surface area contributed by atoms with Crippen molar-refractivity contribution in [1.29, 1.82) is 0 Å². The third kappa shape index (κ3) is 4.58. The maximum atomic E-state index is 13.4. The molecule has 31 heavy (non-hydrogen) atoms. The van der Waals surface area contributed by atoms with Crippen LogP contribution in [0.2, 0.25) is 0 Å². The first kappa shape index (κ1) is 22.1. The Morgan fingerprint density at radius 3 is 2.26 bits per heavy atom. The largest absolute Gasteiger partial charge is 0.497 e. The number of hydrogen-bond donors (Lipinski definition) is 0. The van der Waals surface area contributed by atoms with E-state index in [2.05, 4.69) is 30.0 Å². The monoisotopic (exact) mass is 464 g/mol. The molecule has 0 radical (unpaired) electrons. The van der Waals surface area contributed by atoms with Gasteiger partial charge >= 0.3 is 0 Å². The molecule has 2 heterocycles. The van der Waals surface area contributed by atoms with Gasteiger partial charge in [0.15, 0.2) is 19.7 Å². The molecule has 2 aliphatic heterocycles. The summed E-state index contributed by atoms with van der Waals surface area (Å²) < 4.78 is 56.8. The van der Waals surface area contributed by atoms with Gasteiger partial charge in [-0.1, -0.05) is 12.1 Å². The van der Waals surface area contributed by atoms with Crippen molar-refractivity contribution in [3.05, 3.63) is 54.1 Å². The Hall–Kier alpha value is -2.10. The molecule has 2 aliphatic rings. The van der Waals surface area contributed by atoms with E-state index in [1.165, 1.54) is 24.8 Å². The maximum Gasteiger partial charge on any atom is 0.183 e. The highest BCUT2D eigenvalue weighted by Gasteiger charge is 2.48. The van der Waals surface area contributed by atoms with E-state index in [0.29, 0.717) is 18.8 Å². The van der Waals surface area contributed by atoms with E-state index in [1.54, 1.807) is 12.1 Å². The van der Waals surface area contributed by atoms with Gasteiger partial charge in [-0.2, -0.15) is 0 Å². The van der Waals surface area contributed by atoms with Gasteiger partial charge in [0.2, 0.25) is 0 Å². The summed E-state index contributed by atoms with van der Waals surface area (Å²) in [7, 11) is -5.71. The highest BCUT2D eigenvalue weighted by Crippen LogP contribution is 2.31. The van der Waals surface area contributed by atoms with Crippen LogP contribution in [0.15, 0.2) is 53.4 Å². The van der Waals surface area contributed by atoms with Gasteiger partial charge in [-0.15, -0.1) is 0 Å². The van der Waals surface area contributed by atoms with Gasteiger partial charge in [0, 0.05) is 37.9 Å². The molecular formula is C22H28N2O5S2. The second-order valence-corrected chi connectivity index (χ2v) is 12.6. The van der Waals surface area contributed by atoms with Crippen molar-refractivity contribution in [3.8, 4) is 5.75 Å². The fourth-order valence-electron chi connectivity index (χ4n) is 4.51. The third-order valence-electron chi connectivity index (χ3n) is 6.21. The van der Waals surface area contributed by atoms with Crippen LogP contribution in [0.1, 0.15) is 5.56 Å². The Balaban J connectivity index is 1.54. The molecule has 4 rings (SSSR count). The molecule has 2 aromatic rings. The maximum absolute atomic E-state index is 13.4. The van der Waals surface area contributed by atoms with Crippen LogP contribution in [0.25, 0.3) is 0 Å². The zero-order valence-electron chi connectivity index (χ0n) is 17.8. The van der Waals surface area contributed by atoms with Gasteiger partial charge in [-0.25, -0.2) is 16.8 Å². The number of benzene rings is 2. The van der Waals surface area contributed by atoms with Crippen molar-refractivity contribution in [2.24, 2.45) is 0 Å². The van der Waals surface area contributed by atoms with Crippen molar-refractivity contribution < 1.29 is 21.6 Å².